The molecule has 4 nitrogen and oxygen atoms in total. The molecule has 2 aromatic rings. The molecule has 0 heterocycles. The Labute approximate surface area is 122 Å². The fraction of sp³-hybridized carbons (Fsp3) is 0.188. The SMILES string of the molecule is COc1cc(COc2ccc(F)c(C=O)c2)cc(OC)c1. The Hall–Kier alpha value is -2.56. The van der Waals surface area contributed by atoms with E-state index in [1.165, 1.54) is 18.2 Å². The third-order valence-corrected chi connectivity index (χ3v) is 2.91. The van der Waals surface area contributed by atoms with Crippen LogP contribution in [0, 0.1) is 5.82 Å². The van der Waals surface area contributed by atoms with Crippen LogP contribution in [0.15, 0.2) is 36.4 Å². The van der Waals surface area contributed by atoms with E-state index >= 15 is 0 Å². The minimum absolute atomic E-state index is 0.0317. The van der Waals surface area contributed by atoms with Crippen molar-refractivity contribution in [3.05, 3.63) is 53.3 Å². The molecule has 5 heteroatoms. The first kappa shape index (κ1) is 14.8. The molecule has 0 aromatic heterocycles. The minimum atomic E-state index is -0.569. The largest absolute Gasteiger partial charge is 0.497 e. The van der Waals surface area contributed by atoms with Crippen LogP contribution < -0.4 is 14.2 Å². The van der Waals surface area contributed by atoms with Gasteiger partial charge in [0.2, 0.25) is 0 Å². The minimum Gasteiger partial charge on any atom is -0.497 e. The number of hydrogen-bond acceptors (Lipinski definition) is 4. The first-order valence-electron chi connectivity index (χ1n) is 6.25. The maximum absolute atomic E-state index is 13.2. The standard InChI is InChI=1S/C16H15FO4/c1-19-14-5-11(6-15(8-14)20-2)10-21-13-3-4-16(17)12(7-13)9-18/h3-9H,10H2,1-2H3. The maximum Gasteiger partial charge on any atom is 0.153 e. The quantitative estimate of drug-likeness (QED) is 0.766. The summed E-state index contributed by atoms with van der Waals surface area (Å²) >= 11 is 0. The zero-order valence-corrected chi connectivity index (χ0v) is 11.8. The molecule has 0 aliphatic carbocycles. The van der Waals surface area contributed by atoms with Gasteiger partial charge in [-0.1, -0.05) is 0 Å². The molecule has 0 spiro atoms. The summed E-state index contributed by atoms with van der Waals surface area (Å²) in [4.78, 5) is 10.7. The van der Waals surface area contributed by atoms with E-state index in [0.717, 1.165) is 5.56 Å². The van der Waals surface area contributed by atoms with Crippen LogP contribution >= 0.6 is 0 Å². The molecule has 0 N–H and O–H groups in total. The molecule has 0 unspecified atom stereocenters. The summed E-state index contributed by atoms with van der Waals surface area (Å²) in [5, 5.41) is 0. The van der Waals surface area contributed by atoms with E-state index in [2.05, 4.69) is 0 Å². The highest BCUT2D eigenvalue weighted by atomic mass is 19.1. The van der Waals surface area contributed by atoms with Gasteiger partial charge < -0.3 is 14.2 Å². The Balaban J connectivity index is 2.14. The van der Waals surface area contributed by atoms with Gasteiger partial charge in [0.15, 0.2) is 6.29 Å². The van der Waals surface area contributed by atoms with E-state index in [1.807, 2.05) is 12.1 Å². The Morgan fingerprint density at radius 3 is 2.24 bits per heavy atom. The second-order valence-electron chi connectivity index (χ2n) is 4.31. The zero-order valence-electron chi connectivity index (χ0n) is 11.8. The van der Waals surface area contributed by atoms with Gasteiger partial charge in [-0.2, -0.15) is 0 Å². The van der Waals surface area contributed by atoms with Crippen LogP contribution in [0.3, 0.4) is 0 Å². The lowest BCUT2D eigenvalue weighted by Crippen LogP contribution is -1.98. The molecule has 0 aliphatic rings. The second-order valence-corrected chi connectivity index (χ2v) is 4.31. The molecule has 0 saturated carbocycles. The highest BCUT2D eigenvalue weighted by molar-refractivity contribution is 5.75. The van der Waals surface area contributed by atoms with Crippen molar-refractivity contribution >= 4 is 6.29 Å². The van der Waals surface area contributed by atoms with E-state index in [9.17, 15) is 9.18 Å². The van der Waals surface area contributed by atoms with Crippen LogP contribution in [0.25, 0.3) is 0 Å². The van der Waals surface area contributed by atoms with Crippen molar-refractivity contribution in [1.82, 2.24) is 0 Å². The molecule has 0 amide bonds. The lowest BCUT2D eigenvalue weighted by Gasteiger charge is -2.10. The summed E-state index contributed by atoms with van der Waals surface area (Å²) < 4.78 is 29.1. The Morgan fingerprint density at radius 1 is 1.00 bits per heavy atom. The van der Waals surface area contributed by atoms with Crippen molar-refractivity contribution in [3.63, 3.8) is 0 Å². The number of benzene rings is 2. The van der Waals surface area contributed by atoms with Gasteiger partial charge in [0, 0.05) is 6.07 Å². The molecule has 110 valence electrons. The monoisotopic (exact) mass is 290 g/mol. The summed E-state index contributed by atoms with van der Waals surface area (Å²) in [6.45, 7) is 0.248. The maximum atomic E-state index is 13.2. The number of methoxy groups -OCH3 is 2. The predicted octanol–water partition coefficient (Wildman–Crippen LogP) is 3.23. The Kier molecular flexibility index (Phi) is 4.77. The average molecular weight is 290 g/mol. The third kappa shape index (κ3) is 3.72. The third-order valence-electron chi connectivity index (χ3n) is 2.91. The van der Waals surface area contributed by atoms with Gasteiger partial charge in [-0.3, -0.25) is 4.79 Å². The number of hydrogen-bond donors (Lipinski definition) is 0. The van der Waals surface area contributed by atoms with E-state index in [-0.39, 0.29) is 12.2 Å². The molecule has 0 aliphatic heterocycles. The van der Waals surface area contributed by atoms with Crippen molar-refractivity contribution in [2.75, 3.05) is 14.2 Å². The molecule has 0 atom stereocenters. The van der Waals surface area contributed by atoms with Crippen LogP contribution in [-0.4, -0.2) is 20.5 Å². The topological polar surface area (TPSA) is 44.8 Å². The Bertz CT molecular complexity index is 618. The number of ether oxygens (including phenoxy) is 3. The first-order valence-corrected chi connectivity index (χ1v) is 6.25. The number of aldehydes is 1. The number of halogens is 1. The number of carbonyl (C=O) groups excluding carboxylic acids is 1. The highest BCUT2D eigenvalue weighted by Crippen LogP contribution is 2.24. The predicted molar refractivity (Wildman–Crippen MR) is 75.7 cm³/mol. The molecule has 0 fully saturated rings. The van der Waals surface area contributed by atoms with Crippen molar-refractivity contribution in [2.45, 2.75) is 6.61 Å². The summed E-state index contributed by atoms with van der Waals surface area (Å²) in [6.07, 6.45) is 0.455. The van der Waals surface area contributed by atoms with Crippen LogP contribution in [0.1, 0.15) is 15.9 Å². The van der Waals surface area contributed by atoms with Crippen LogP contribution in [-0.2, 0) is 6.61 Å². The van der Waals surface area contributed by atoms with Gasteiger partial charge in [-0.25, -0.2) is 4.39 Å². The van der Waals surface area contributed by atoms with Gasteiger partial charge in [0.1, 0.15) is 29.7 Å². The van der Waals surface area contributed by atoms with Gasteiger partial charge in [-0.15, -0.1) is 0 Å². The molecule has 21 heavy (non-hydrogen) atoms. The second kappa shape index (κ2) is 6.74. The van der Waals surface area contributed by atoms with Gasteiger partial charge in [0.05, 0.1) is 19.8 Å². The fourth-order valence-electron chi connectivity index (χ4n) is 1.82. The van der Waals surface area contributed by atoms with Gasteiger partial charge in [0.25, 0.3) is 0 Å². The number of carbonyl (C=O) groups is 1. The van der Waals surface area contributed by atoms with Crippen LogP contribution in [0.4, 0.5) is 4.39 Å². The van der Waals surface area contributed by atoms with E-state index in [1.54, 1.807) is 20.3 Å². The Morgan fingerprint density at radius 2 is 1.67 bits per heavy atom. The molecular formula is C16H15FO4. The molecule has 2 aromatic carbocycles. The lowest BCUT2D eigenvalue weighted by molar-refractivity contribution is 0.111. The van der Waals surface area contributed by atoms with Crippen LogP contribution in [0.2, 0.25) is 0 Å². The van der Waals surface area contributed by atoms with Crippen molar-refractivity contribution in [1.29, 1.82) is 0 Å². The molecule has 2 rings (SSSR count). The first-order chi connectivity index (χ1) is 10.2. The summed E-state index contributed by atoms with van der Waals surface area (Å²) in [5.41, 5.74) is 0.805. The summed E-state index contributed by atoms with van der Waals surface area (Å²) in [6, 6.07) is 9.41. The molecule has 0 bridgehead atoms. The van der Waals surface area contributed by atoms with Crippen molar-refractivity contribution < 1.29 is 23.4 Å². The van der Waals surface area contributed by atoms with Crippen LogP contribution in [0.5, 0.6) is 17.2 Å². The summed E-state index contributed by atoms with van der Waals surface area (Å²) in [5.74, 6) is 1.15. The van der Waals surface area contributed by atoms with E-state index < -0.39 is 5.82 Å². The molecular weight excluding hydrogens is 275 g/mol. The summed E-state index contributed by atoms with van der Waals surface area (Å²) in [7, 11) is 3.13. The van der Waals surface area contributed by atoms with Gasteiger partial charge in [-0.05, 0) is 35.9 Å². The van der Waals surface area contributed by atoms with Crippen molar-refractivity contribution in [3.8, 4) is 17.2 Å². The highest BCUT2D eigenvalue weighted by Gasteiger charge is 2.06. The average Bonchev–Trinajstić information content (AvgIpc) is 2.53. The lowest BCUT2D eigenvalue weighted by atomic mass is 10.2. The fourth-order valence-corrected chi connectivity index (χ4v) is 1.82. The molecule has 0 saturated heterocycles. The zero-order chi connectivity index (χ0) is 15.2. The van der Waals surface area contributed by atoms with Gasteiger partial charge >= 0.3 is 0 Å². The van der Waals surface area contributed by atoms with Crippen molar-refractivity contribution in [2.24, 2.45) is 0 Å². The molecule has 0 radical (unpaired) electrons. The van der Waals surface area contributed by atoms with E-state index in [0.29, 0.717) is 23.5 Å². The number of rotatable bonds is 6. The smallest absolute Gasteiger partial charge is 0.153 e. The normalized spacial score (nSPS) is 10.0. The van der Waals surface area contributed by atoms with E-state index in [4.69, 9.17) is 14.2 Å².